The summed E-state index contributed by atoms with van der Waals surface area (Å²) in [4.78, 5) is 4.26. The van der Waals surface area contributed by atoms with E-state index in [1.807, 2.05) is 37.3 Å². The van der Waals surface area contributed by atoms with Gasteiger partial charge >= 0.3 is 0 Å². The molecular weight excluding hydrogens is 378 g/mol. The van der Waals surface area contributed by atoms with Gasteiger partial charge in [-0.3, -0.25) is 4.99 Å². The molecule has 0 aliphatic rings. The van der Waals surface area contributed by atoms with Crippen molar-refractivity contribution in [3.8, 4) is 17.2 Å². The molecule has 2 N–H and O–H groups in total. The number of rotatable bonds is 9. The first-order valence-corrected chi connectivity index (χ1v) is 9.56. The molecule has 0 aromatic heterocycles. The Labute approximate surface area is 171 Å². The van der Waals surface area contributed by atoms with E-state index < -0.39 is 0 Å². The fraction of sp³-hybridized carbons (Fsp3) is 0.381. The van der Waals surface area contributed by atoms with Crippen molar-refractivity contribution in [1.29, 1.82) is 0 Å². The largest absolute Gasteiger partial charge is 0.496 e. The lowest BCUT2D eigenvalue weighted by Gasteiger charge is -2.15. The average molecular weight is 406 g/mol. The van der Waals surface area contributed by atoms with E-state index in [1.165, 1.54) is 0 Å². The Balaban J connectivity index is 1.92. The van der Waals surface area contributed by atoms with Gasteiger partial charge in [0.25, 0.3) is 0 Å². The van der Waals surface area contributed by atoms with Crippen molar-refractivity contribution in [3.05, 3.63) is 52.5 Å². The average Bonchev–Trinajstić information content (AvgIpc) is 2.72. The Morgan fingerprint density at radius 3 is 2.50 bits per heavy atom. The van der Waals surface area contributed by atoms with Gasteiger partial charge in [0.05, 0.1) is 25.8 Å². The lowest BCUT2D eigenvalue weighted by Crippen LogP contribution is -2.37. The van der Waals surface area contributed by atoms with Crippen molar-refractivity contribution < 1.29 is 14.2 Å². The number of nitrogens with one attached hydrogen (secondary N) is 2. The van der Waals surface area contributed by atoms with E-state index in [0.29, 0.717) is 35.6 Å². The van der Waals surface area contributed by atoms with Crippen LogP contribution in [-0.2, 0) is 13.0 Å². The van der Waals surface area contributed by atoms with Gasteiger partial charge in [-0.25, -0.2) is 0 Å². The summed E-state index contributed by atoms with van der Waals surface area (Å²) in [6.07, 6.45) is 0.827. The number of nitrogens with zero attached hydrogens (tertiary/aromatic N) is 1. The van der Waals surface area contributed by atoms with Crippen molar-refractivity contribution in [2.24, 2.45) is 4.99 Å². The maximum atomic E-state index is 6.33. The fourth-order valence-corrected chi connectivity index (χ4v) is 3.08. The van der Waals surface area contributed by atoms with Gasteiger partial charge in [0.15, 0.2) is 17.5 Å². The maximum Gasteiger partial charge on any atom is 0.191 e. The zero-order valence-electron chi connectivity index (χ0n) is 16.8. The monoisotopic (exact) mass is 405 g/mol. The van der Waals surface area contributed by atoms with Crippen molar-refractivity contribution in [2.45, 2.75) is 19.9 Å². The second-order valence-corrected chi connectivity index (χ2v) is 6.36. The van der Waals surface area contributed by atoms with Crippen LogP contribution in [0.4, 0.5) is 0 Å². The highest BCUT2D eigenvalue weighted by Crippen LogP contribution is 2.36. The summed E-state index contributed by atoms with van der Waals surface area (Å²) >= 11 is 6.33. The minimum Gasteiger partial charge on any atom is -0.496 e. The lowest BCUT2D eigenvalue weighted by molar-refractivity contribution is 0.311. The van der Waals surface area contributed by atoms with Crippen molar-refractivity contribution >= 4 is 17.6 Å². The molecule has 152 valence electrons. The van der Waals surface area contributed by atoms with E-state index in [0.717, 1.165) is 29.8 Å². The Bertz CT molecular complexity index is 796. The molecule has 2 aromatic carbocycles. The molecule has 2 aromatic rings. The molecule has 0 radical (unpaired) electrons. The first-order chi connectivity index (χ1) is 13.6. The molecule has 6 nitrogen and oxygen atoms in total. The van der Waals surface area contributed by atoms with Crippen LogP contribution in [-0.4, -0.2) is 40.4 Å². The number of para-hydroxylation sites is 1. The van der Waals surface area contributed by atoms with Gasteiger partial charge in [0, 0.05) is 20.1 Å². The van der Waals surface area contributed by atoms with Gasteiger partial charge in [0.2, 0.25) is 0 Å². The second-order valence-electron chi connectivity index (χ2n) is 5.96. The predicted molar refractivity (Wildman–Crippen MR) is 114 cm³/mol. The fourth-order valence-electron chi connectivity index (χ4n) is 2.79. The van der Waals surface area contributed by atoms with E-state index in [1.54, 1.807) is 21.3 Å². The molecule has 0 spiro atoms. The van der Waals surface area contributed by atoms with Gasteiger partial charge in [0.1, 0.15) is 5.75 Å². The molecule has 0 aliphatic carbocycles. The molecule has 7 heteroatoms. The normalized spacial score (nSPS) is 11.1. The zero-order valence-corrected chi connectivity index (χ0v) is 17.6. The molecule has 0 atom stereocenters. The summed E-state index contributed by atoms with van der Waals surface area (Å²) in [5.74, 6) is 2.78. The number of aliphatic imine (C=N–C) groups is 1. The van der Waals surface area contributed by atoms with E-state index in [4.69, 9.17) is 25.8 Å². The summed E-state index contributed by atoms with van der Waals surface area (Å²) in [7, 11) is 5.02. The van der Waals surface area contributed by atoms with Crippen LogP contribution in [0.2, 0.25) is 5.02 Å². The van der Waals surface area contributed by atoms with Gasteiger partial charge in [-0.05, 0) is 42.7 Å². The maximum absolute atomic E-state index is 6.33. The Morgan fingerprint density at radius 2 is 1.82 bits per heavy atom. The summed E-state index contributed by atoms with van der Waals surface area (Å²) in [5.41, 5.74) is 2.12. The Kier molecular flexibility index (Phi) is 8.75. The standard InChI is InChI=1S/C21H28ClN3O3/c1-5-28-20-17(22)12-15(13-19(20)27-4)14-25-21(23-2)24-11-10-16-8-6-7-9-18(16)26-3/h6-9,12-13H,5,10-11,14H2,1-4H3,(H2,23,24,25). The van der Waals surface area contributed by atoms with Crippen LogP contribution in [0.5, 0.6) is 17.2 Å². The van der Waals surface area contributed by atoms with Gasteiger partial charge in [-0.15, -0.1) is 0 Å². The van der Waals surface area contributed by atoms with Crippen molar-refractivity contribution in [1.82, 2.24) is 10.6 Å². The molecule has 0 saturated heterocycles. The third-order valence-electron chi connectivity index (χ3n) is 4.14. The summed E-state index contributed by atoms with van der Waals surface area (Å²) in [6, 6.07) is 11.8. The third kappa shape index (κ3) is 5.96. The molecule has 0 fully saturated rings. The Morgan fingerprint density at radius 1 is 1.07 bits per heavy atom. The van der Waals surface area contributed by atoms with Crippen LogP contribution in [0.25, 0.3) is 0 Å². The molecule has 0 amide bonds. The van der Waals surface area contributed by atoms with Gasteiger partial charge < -0.3 is 24.8 Å². The number of methoxy groups -OCH3 is 2. The Hall–Kier alpha value is -2.60. The number of ether oxygens (including phenoxy) is 3. The number of hydrogen-bond acceptors (Lipinski definition) is 4. The van der Waals surface area contributed by atoms with Crippen molar-refractivity contribution in [2.75, 3.05) is 34.4 Å². The molecule has 0 aliphatic heterocycles. The molecule has 28 heavy (non-hydrogen) atoms. The first kappa shape index (κ1) is 21.7. The van der Waals surface area contributed by atoms with Crippen LogP contribution in [0.15, 0.2) is 41.4 Å². The number of halogens is 1. The SMILES string of the molecule is CCOc1c(Cl)cc(CNC(=NC)NCCc2ccccc2OC)cc1OC. The number of guanidine groups is 1. The molecule has 0 bridgehead atoms. The summed E-state index contributed by atoms with van der Waals surface area (Å²) in [6.45, 7) is 3.71. The number of benzene rings is 2. The molecule has 0 heterocycles. The van der Waals surface area contributed by atoms with E-state index >= 15 is 0 Å². The molecule has 0 saturated carbocycles. The molecule has 2 rings (SSSR count). The van der Waals surface area contributed by atoms with Crippen LogP contribution < -0.4 is 24.8 Å². The van der Waals surface area contributed by atoms with Crippen LogP contribution in [0.3, 0.4) is 0 Å². The molecule has 0 unspecified atom stereocenters. The molecular formula is C21H28ClN3O3. The predicted octanol–water partition coefficient (Wildman–Crippen LogP) is 3.66. The van der Waals surface area contributed by atoms with Gasteiger partial charge in [-0.2, -0.15) is 0 Å². The highest BCUT2D eigenvalue weighted by molar-refractivity contribution is 6.32. The van der Waals surface area contributed by atoms with E-state index in [9.17, 15) is 0 Å². The van der Waals surface area contributed by atoms with Crippen LogP contribution in [0, 0.1) is 0 Å². The first-order valence-electron chi connectivity index (χ1n) is 9.18. The van der Waals surface area contributed by atoms with Gasteiger partial charge in [-0.1, -0.05) is 29.8 Å². The smallest absolute Gasteiger partial charge is 0.191 e. The number of hydrogen-bond donors (Lipinski definition) is 2. The minimum absolute atomic E-state index is 0.524. The topological polar surface area (TPSA) is 64.1 Å². The van der Waals surface area contributed by atoms with Crippen LogP contribution >= 0.6 is 11.6 Å². The second kappa shape index (κ2) is 11.3. The zero-order chi connectivity index (χ0) is 20.4. The third-order valence-corrected chi connectivity index (χ3v) is 4.42. The quantitative estimate of drug-likeness (QED) is 0.492. The van der Waals surface area contributed by atoms with E-state index in [2.05, 4.69) is 21.7 Å². The van der Waals surface area contributed by atoms with Crippen molar-refractivity contribution in [3.63, 3.8) is 0 Å². The highest BCUT2D eigenvalue weighted by Gasteiger charge is 2.12. The lowest BCUT2D eigenvalue weighted by atomic mass is 10.1. The summed E-state index contributed by atoms with van der Waals surface area (Å²) in [5, 5.41) is 7.12. The van der Waals surface area contributed by atoms with E-state index in [-0.39, 0.29) is 0 Å². The summed E-state index contributed by atoms with van der Waals surface area (Å²) < 4.78 is 16.3. The van der Waals surface area contributed by atoms with Crippen LogP contribution in [0.1, 0.15) is 18.1 Å². The highest BCUT2D eigenvalue weighted by atomic mass is 35.5. The minimum atomic E-state index is 0.524.